The van der Waals surface area contributed by atoms with Gasteiger partial charge in [-0.2, -0.15) is 0 Å². The first-order valence-electron chi connectivity index (χ1n) is 10.1. The summed E-state index contributed by atoms with van der Waals surface area (Å²) in [6.45, 7) is 2.80. The number of aryl methyl sites for hydroxylation is 1. The Balaban J connectivity index is 1.81. The third kappa shape index (κ3) is 3.37. The molecule has 0 saturated heterocycles. The average molecular weight is 424 g/mol. The fourth-order valence-electron chi connectivity index (χ4n) is 4.20. The van der Waals surface area contributed by atoms with Crippen LogP contribution < -0.4 is 5.73 Å². The highest BCUT2D eigenvalue weighted by molar-refractivity contribution is 6.30. The molecule has 1 aromatic heterocycles. The van der Waals surface area contributed by atoms with Crippen molar-refractivity contribution in [2.24, 2.45) is 5.73 Å². The summed E-state index contributed by atoms with van der Waals surface area (Å²) in [7, 11) is 0. The van der Waals surface area contributed by atoms with Crippen LogP contribution in [0.5, 0.6) is 0 Å². The second-order valence-electron chi connectivity index (χ2n) is 7.73. The van der Waals surface area contributed by atoms with E-state index in [1.165, 1.54) is 11.1 Å². The number of hydrogen-bond acceptors (Lipinski definition) is 1. The molecule has 0 saturated carbocycles. The summed E-state index contributed by atoms with van der Waals surface area (Å²) >= 11 is 6.07. The van der Waals surface area contributed by atoms with E-state index in [4.69, 9.17) is 17.3 Å². The van der Waals surface area contributed by atoms with E-state index in [1.54, 1.807) is 6.07 Å². The highest BCUT2D eigenvalue weighted by Crippen LogP contribution is 2.35. The van der Waals surface area contributed by atoms with Gasteiger partial charge in [0.2, 0.25) is 5.91 Å². The van der Waals surface area contributed by atoms with Gasteiger partial charge in [-0.3, -0.25) is 4.79 Å². The number of benzene rings is 4. The minimum atomic E-state index is -0.435. The predicted octanol–water partition coefficient (Wildman–Crippen LogP) is 6.37. The molecule has 0 spiro atoms. The first kappa shape index (κ1) is 19.4. The number of fused-ring (bicyclic) bond motifs is 3. The summed E-state index contributed by atoms with van der Waals surface area (Å²) in [5, 5.41) is 2.45. The summed E-state index contributed by atoms with van der Waals surface area (Å²) in [5.41, 5.74) is 12.8. The molecule has 0 fully saturated rings. The maximum Gasteiger partial charge on any atom is 0.249 e. The van der Waals surface area contributed by atoms with E-state index in [0.717, 1.165) is 32.9 Å². The monoisotopic (exact) mass is 423 g/mol. The number of nitrogens with zero attached hydrogens (tertiary/aromatic N) is 1. The molecule has 31 heavy (non-hydrogen) atoms. The van der Waals surface area contributed by atoms with Gasteiger partial charge >= 0.3 is 0 Å². The third-order valence-corrected chi connectivity index (χ3v) is 6.08. The van der Waals surface area contributed by atoms with Crippen LogP contribution in [0.25, 0.3) is 32.9 Å². The lowest BCUT2D eigenvalue weighted by atomic mass is 10.0. The van der Waals surface area contributed by atoms with Crippen molar-refractivity contribution < 1.29 is 4.79 Å². The zero-order chi connectivity index (χ0) is 21.5. The van der Waals surface area contributed by atoms with E-state index in [1.807, 2.05) is 48.5 Å². The van der Waals surface area contributed by atoms with Crippen molar-refractivity contribution in [2.45, 2.75) is 13.5 Å². The van der Waals surface area contributed by atoms with Crippen LogP contribution in [-0.4, -0.2) is 10.5 Å². The van der Waals surface area contributed by atoms with Crippen LogP contribution >= 0.6 is 11.6 Å². The topological polar surface area (TPSA) is 48.0 Å². The molecule has 1 amide bonds. The fraction of sp³-hybridized carbons (Fsp3) is 0.0741. The van der Waals surface area contributed by atoms with Gasteiger partial charge in [0, 0.05) is 27.9 Å². The van der Waals surface area contributed by atoms with Gasteiger partial charge in [-0.1, -0.05) is 54.1 Å². The molecule has 1 radical (unpaired) electrons. The molecule has 0 bridgehead atoms. The maximum absolute atomic E-state index is 12.2. The fourth-order valence-corrected chi connectivity index (χ4v) is 4.32. The summed E-state index contributed by atoms with van der Waals surface area (Å²) in [5.74, 6) is -0.435. The van der Waals surface area contributed by atoms with Crippen molar-refractivity contribution in [1.82, 2.24) is 4.57 Å². The van der Waals surface area contributed by atoms with Gasteiger partial charge in [-0.05, 0) is 71.6 Å². The van der Waals surface area contributed by atoms with E-state index >= 15 is 0 Å². The molecular formula is C27H20ClN2O. The Kier molecular flexibility index (Phi) is 4.76. The Bertz CT molecular complexity index is 1450. The van der Waals surface area contributed by atoms with Crippen molar-refractivity contribution in [2.75, 3.05) is 0 Å². The van der Waals surface area contributed by atoms with Crippen molar-refractivity contribution in [3.63, 3.8) is 0 Å². The van der Waals surface area contributed by atoms with Gasteiger partial charge in [-0.25, -0.2) is 0 Å². The van der Waals surface area contributed by atoms with Crippen LogP contribution in [0.1, 0.15) is 21.5 Å². The lowest BCUT2D eigenvalue weighted by molar-refractivity contribution is 0.100. The van der Waals surface area contributed by atoms with Crippen LogP contribution in [0.15, 0.2) is 78.9 Å². The molecule has 5 aromatic rings. The molecule has 151 valence electrons. The quantitative estimate of drug-likeness (QED) is 0.358. The molecule has 3 nitrogen and oxygen atoms in total. The van der Waals surface area contributed by atoms with Crippen molar-refractivity contribution in [1.29, 1.82) is 0 Å². The van der Waals surface area contributed by atoms with E-state index < -0.39 is 5.91 Å². The molecular weight excluding hydrogens is 404 g/mol. The van der Waals surface area contributed by atoms with Crippen LogP contribution in [0.4, 0.5) is 0 Å². The van der Waals surface area contributed by atoms with E-state index in [-0.39, 0.29) is 0 Å². The minimum absolute atomic E-state index is 0.435. The van der Waals surface area contributed by atoms with Gasteiger partial charge < -0.3 is 10.3 Å². The largest absolute Gasteiger partial charge is 0.366 e. The molecule has 4 heteroatoms. The van der Waals surface area contributed by atoms with Crippen LogP contribution in [-0.2, 0) is 6.54 Å². The summed E-state index contributed by atoms with van der Waals surface area (Å²) < 4.78 is 2.25. The van der Waals surface area contributed by atoms with Crippen molar-refractivity contribution >= 4 is 39.3 Å². The number of hydrogen-bond donors (Lipinski definition) is 1. The van der Waals surface area contributed by atoms with Crippen LogP contribution in [0, 0.1) is 13.0 Å². The van der Waals surface area contributed by atoms with E-state index in [2.05, 4.69) is 41.8 Å². The Morgan fingerprint density at radius 1 is 0.968 bits per heavy atom. The smallest absolute Gasteiger partial charge is 0.249 e. The Morgan fingerprint density at radius 3 is 2.48 bits per heavy atom. The average Bonchev–Trinajstić information content (AvgIpc) is 3.09. The predicted molar refractivity (Wildman–Crippen MR) is 128 cm³/mol. The lowest BCUT2D eigenvalue weighted by Crippen LogP contribution is -2.11. The number of nitrogens with two attached hydrogens (primary N) is 1. The van der Waals surface area contributed by atoms with E-state index in [0.29, 0.717) is 17.1 Å². The second kappa shape index (κ2) is 7.60. The van der Waals surface area contributed by atoms with Gasteiger partial charge in [-0.15, -0.1) is 0 Å². The van der Waals surface area contributed by atoms with Gasteiger partial charge in [0.15, 0.2) is 0 Å². The van der Waals surface area contributed by atoms with Gasteiger partial charge in [0.1, 0.15) is 0 Å². The molecule has 1 heterocycles. The Hall–Kier alpha value is -3.56. The number of primary amides is 1. The van der Waals surface area contributed by atoms with Crippen LogP contribution in [0.2, 0.25) is 5.02 Å². The second-order valence-corrected chi connectivity index (χ2v) is 8.17. The Labute approximate surface area is 185 Å². The molecule has 5 rings (SSSR count). The number of amides is 1. The summed E-state index contributed by atoms with van der Waals surface area (Å²) in [6, 6.07) is 29.4. The standard InChI is InChI=1S/C27H20ClN2O/c1-17-5-2-3-6-20(17)16-30-24-8-4-7-23(27(29)31)26(24)22-14-11-19(15-25(22)30)18-9-12-21(28)13-10-18/h2-13,15H,16H2,1H3,(H2,29,31). The molecule has 0 aliphatic carbocycles. The zero-order valence-corrected chi connectivity index (χ0v) is 17.8. The molecule has 4 aromatic carbocycles. The first-order valence-corrected chi connectivity index (χ1v) is 10.5. The van der Waals surface area contributed by atoms with Crippen LogP contribution in [0.3, 0.4) is 0 Å². The van der Waals surface area contributed by atoms with Gasteiger partial charge in [0.25, 0.3) is 0 Å². The summed E-state index contributed by atoms with van der Waals surface area (Å²) in [6.07, 6.45) is 0. The van der Waals surface area contributed by atoms with Gasteiger partial charge in [0.05, 0.1) is 11.0 Å². The molecule has 0 unspecified atom stereocenters. The highest BCUT2D eigenvalue weighted by Gasteiger charge is 2.18. The minimum Gasteiger partial charge on any atom is -0.366 e. The SMILES string of the molecule is Cc1ccccc1Cn1c2cc(-c3ccc(Cl)cc3)c[c]c2c2c(C(N)=O)cccc21. The van der Waals surface area contributed by atoms with E-state index in [9.17, 15) is 4.79 Å². The summed E-state index contributed by atoms with van der Waals surface area (Å²) in [4.78, 5) is 12.2. The first-order chi connectivity index (χ1) is 15.0. The Morgan fingerprint density at radius 2 is 1.74 bits per heavy atom. The number of rotatable bonds is 4. The number of aromatic nitrogens is 1. The normalized spacial score (nSPS) is 11.3. The van der Waals surface area contributed by atoms with Crippen molar-refractivity contribution in [3.05, 3.63) is 107 Å². The maximum atomic E-state index is 12.2. The molecule has 0 aliphatic rings. The number of halogens is 1. The zero-order valence-electron chi connectivity index (χ0n) is 17.0. The molecule has 0 aliphatic heterocycles. The number of carbonyl (C=O) groups is 1. The molecule has 0 atom stereocenters. The van der Waals surface area contributed by atoms with Crippen molar-refractivity contribution in [3.8, 4) is 11.1 Å². The highest BCUT2D eigenvalue weighted by atomic mass is 35.5. The molecule has 2 N–H and O–H groups in total. The lowest BCUT2D eigenvalue weighted by Gasteiger charge is -2.11. The number of carbonyl (C=O) groups excluding carboxylic acids is 1. The third-order valence-electron chi connectivity index (χ3n) is 5.83.